The van der Waals surface area contributed by atoms with Gasteiger partial charge in [0.25, 0.3) is 0 Å². The fraction of sp³-hybridized carbons (Fsp3) is 0.167. The molecule has 0 bridgehead atoms. The highest BCUT2D eigenvalue weighted by Gasteiger charge is 2.22. The van der Waals surface area contributed by atoms with Crippen molar-refractivity contribution in [3.63, 3.8) is 0 Å². The smallest absolute Gasteiger partial charge is 0.210 e. The van der Waals surface area contributed by atoms with Gasteiger partial charge in [-0.05, 0) is 38.1 Å². The first-order valence-corrected chi connectivity index (χ1v) is 6.60. The van der Waals surface area contributed by atoms with E-state index in [-0.39, 0.29) is 9.79 Å². The molecule has 0 unspecified atom stereocenters. The topological polar surface area (TPSA) is 59.9 Å². The van der Waals surface area contributed by atoms with Crippen LogP contribution in [0.4, 0.5) is 0 Å². The summed E-state index contributed by atoms with van der Waals surface area (Å²) in [5.41, 5.74) is 0.992. The van der Waals surface area contributed by atoms with E-state index in [4.69, 9.17) is 0 Å². The zero-order valence-corrected chi connectivity index (χ0v) is 10.4. The maximum absolute atomic E-state index is 12.4. The summed E-state index contributed by atoms with van der Waals surface area (Å²) in [5.74, 6) is 0. The van der Waals surface area contributed by atoms with Crippen LogP contribution in [0.5, 0.6) is 0 Å². The van der Waals surface area contributed by atoms with Gasteiger partial charge in [0.15, 0.2) is 0 Å². The predicted molar refractivity (Wildman–Crippen MR) is 63.4 cm³/mol. The lowest BCUT2D eigenvalue weighted by molar-refractivity contribution is 0.593. The number of rotatable bonds is 2. The predicted octanol–water partition coefficient (Wildman–Crippen LogP) is 1.93. The van der Waals surface area contributed by atoms with Crippen LogP contribution in [0.15, 0.2) is 46.5 Å². The Labute approximate surface area is 100 Å². The second kappa shape index (κ2) is 4.25. The van der Waals surface area contributed by atoms with Gasteiger partial charge in [-0.25, -0.2) is 8.42 Å². The first kappa shape index (κ1) is 11.7. The number of hydrogen-bond donors (Lipinski definition) is 0. The van der Waals surface area contributed by atoms with Crippen LogP contribution in [-0.2, 0) is 9.84 Å². The van der Waals surface area contributed by atoms with Gasteiger partial charge < -0.3 is 0 Å². The van der Waals surface area contributed by atoms with Gasteiger partial charge in [0, 0.05) is 12.4 Å². The Hall–Kier alpha value is -1.75. The Bertz CT molecular complexity index is 600. The third-order valence-corrected chi connectivity index (χ3v) is 4.52. The molecule has 88 valence electrons. The van der Waals surface area contributed by atoms with Gasteiger partial charge in [0.05, 0.1) is 21.2 Å². The van der Waals surface area contributed by atoms with Gasteiger partial charge in [-0.1, -0.05) is 0 Å². The molecule has 4 nitrogen and oxygen atoms in total. The van der Waals surface area contributed by atoms with Gasteiger partial charge in [-0.2, -0.15) is 0 Å². The molecule has 2 aromatic heterocycles. The molecule has 2 heterocycles. The lowest BCUT2D eigenvalue weighted by Crippen LogP contribution is -2.07. The van der Waals surface area contributed by atoms with Crippen molar-refractivity contribution in [3.8, 4) is 0 Å². The molecule has 0 aromatic carbocycles. The lowest BCUT2D eigenvalue weighted by Gasteiger charge is -2.08. The maximum Gasteiger partial charge on any atom is 0.210 e. The van der Waals surface area contributed by atoms with E-state index >= 15 is 0 Å². The van der Waals surface area contributed by atoms with Crippen molar-refractivity contribution in [2.75, 3.05) is 0 Å². The summed E-state index contributed by atoms with van der Waals surface area (Å²) in [4.78, 5) is 8.47. The molecule has 2 rings (SSSR count). The highest BCUT2D eigenvalue weighted by atomic mass is 32.2. The second-order valence-corrected chi connectivity index (χ2v) is 5.56. The third kappa shape index (κ3) is 2.06. The summed E-state index contributed by atoms with van der Waals surface area (Å²) in [5, 5.41) is 0. The Morgan fingerprint density at radius 1 is 0.882 bits per heavy atom. The third-order valence-electron chi connectivity index (χ3n) is 2.50. The molecule has 0 N–H and O–H groups in total. The van der Waals surface area contributed by atoms with Crippen molar-refractivity contribution in [1.29, 1.82) is 0 Å². The van der Waals surface area contributed by atoms with Gasteiger partial charge in [0.1, 0.15) is 0 Å². The molecule has 0 amide bonds. The molecule has 5 heteroatoms. The number of pyridine rings is 2. The van der Waals surface area contributed by atoms with E-state index in [1.807, 2.05) is 0 Å². The lowest BCUT2D eigenvalue weighted by atomic mass is 10.4. The van der Waals surface area contributed by atoms with Crippen LogP contribution in [0.2, 0.25) is 0 Å². The van der Waals surface area contributed by atoms with Gasteiger partial charge >= 0.3 is 0 Å². The largest absolute Gasteiger partial charge is 0.260 e. The highest BCUT2D eigenvalue weighted by Crippen LogP contribution is 2.23. The SMILES string of the molecule is Cc1ncccc1S(=O)(=O)c1cccnc1C. The number of hydrogen-bond acceptors (Lipinski definition) is 4. The Balaban J connectivity index is 2.67. The molecule has 0 saturated carbocycles. The number of sulfone groups is 1. The average Bonchev–Trinajstić information content (AvgIpc) is 2.29. The summed E-state index contributed by atoms with van der Waals surface area (Å²) >= 11 is 0. The fourth-order valence-corrected chi connectivity index (χ4v) is 3.26. The minimum absolute atomic E-state index is 0.233. The molecule has 17 heavy (non-hydrogen) atoms. The maximum atomic E-state index is 12.4. The normalized spacial score (nSPS) is 11.4. The molecule has 0 aliphatic rings. The van der Waals surface area contributed by atoms with E-state index < -0.39 is 9.84 Å². The number of aromatic nitrogens is 2. The Kier molecular flexibility index (Phi) is 2.93. The molecular formula is C12H12N2O2S. The van der Waals surface area contributed by atoms with Crippen molar-refractivity contribution in [1.82, 2.24) is 9.97 Å². The van der Waals surface area contributed by atoms with E-state index in [1.54, 1.807) is 50.5 Å². The highest BCUT2D eigenvalue weighted by molar-refractivity contribution is 7.91. The quantitative estimate of drug-likeness (QED) is 0.814. The number of nitrogens with zero attached hydrogens (tertiary/aromatic N) is 2. The summed E-state index contributed by atoms with van der Waals surface area (Å²) in [7, 11) is -3.53. The molecule has 0 atom stereocenters. The van der Waals surface area contributed by atoms with Crippen LogP contribution in [0.25, 0.3) is 0 Å². The van der Waals surface area contributed by atoms with Crippen molar-refractivity contribution < 1.29 is 8.42 Å². The molecule has 0 aliphatic carbocycles. The zero-order valence-electron chi connectivity index (χ0n) is 9.58. The van der Waals surface area contributed by atoms with Gasteiger partial charge in [0.2, 0.25) is 9.84 Å². The minimum atomic E-state index is -3.53. The standard InChI is InChI=1S/C12H12N2O2S/c1-9-11(5-3-7-13-9)17(15,16)12-6-4-8-14-10(12)2/h3-8H,1-2H3. The van der Waals surface area contributed by atoms with E-state index in [0.29, 0.717) is 11.4 Å². The van der Waals surface area contributed by atoms with E-state index in [0.717, 1.165) is 0 Å². The van der Waals surface area contributed by atoms with Crippen molar-refractivity contribution in [2.45, 2.75) is 23.6 Å². The second-order valence-electron chi connectivity index (χ2n) is 3.68. The molecular weight excluding hydrogens is 236 g/mol. The van der Waals surface area contributed by atoms with Crippen molar-refractivity contribution in [3.05, 3.63) is 48.0 Å². The summed E-state index contributed by atoms with van der Waals surface area (Å²) in [6.45, 7) is 3.36. The Morgan fingerprint density at radius 2 is 1.29 bits per heavy atom. The monoisotopic (exact) mass is 248 g/mol. The summed E-state index contributed by atoms with van der Waals surface area (Å²) < 4.78 is 24.8. The van der Waals surface area contributed by atoms with Crippen LogP contribution < -0.4 is 0 Å². The average molecular weight is 248 g/mol. The molecule has 0 spiro atoms. The number of aryl methyl sites for hydroxylation is 2. The van der Waals surface area contributed by atoms with Crippen LogP contribution in [0, 0.1) is 13.8 Å². The zero-order chi connectivity index (χ0) is 12.5. The molecule has 2 aromatic rings. The molecule has 0 saturated heterocycles. The first-order valence-electron chi connectivity index (χ1n) is 5.12. The van der Waals surface area contributed by atoms with Gasteiger partial charge in [-0.15, -0.1) is 0 Å². The minimum Gasteiger partial charge on any atom is -0.260 e. The molecule has 0 fully saturated rings. The molecule has 0 radical (unpaired) electrons. The van der Waals surface area contributed by atoms with Crippen LogP contribution in [0.1, 0.15) is 11.4 Å². The fourth-order valence-electron chi connectivity index (χ4n) is 1.63. The molecule has 0 aliphatic heterocycles. The van der Waals surface area contributed by atoms with E-state index in [9.17, 15) is 8.42 Å². The van der Waals surface area contributed by atoms with Crippen LogP contribution in [-0.4, -0.2) is 18.4 Å². The van der Waals surface area contributed by atoms with Crippen LogP contribution in [0.3, 0.4) is 0 Å². The van der Waals surface area contributed by atoms with Crippen molar-refractivity contribution >= 4 is 9.84 Å². The first-order chi connectivity index (χ1) is 8.03. The van der Waals surface area contributed by atoms with E-state index in [1.165, 1.54) is 0 Å². The Morgan fingerprint density at radius 3 is 1.65 bits per heavy atom. The van der Waals surface area contributed by atoms with Crippen molar-refractivity contribution in [2.24, 2.45) is 0 Å². The summed E-state index contributed by atoms with van der Waals surface area (Å²) in [6.07, 6.45) is 3.15. The summed E-state index contributed by atoms with van der Waals surface area (Å²) in [6, 6.07) is 6.35. The van der Waals surface area contributed by atoms with Gasteiger partial charge in [-0.3, -0.25) is 9.97 Å². The van der Waals surface area contributed by atoms with E-state index in [2.05, 4.69) is 9.97 Å². The van der Waals surface area contributed by atoms with Crippen LogP contribution >= 0.6 is 0 Å².